The van der Waals surface area contributed by atoms with Crippen LogP contribution in [0, 0.1) is 0 Å². The average molecular weight is 389 g/mol. The Hall–Kier alpha value is -3.40. The normalized spacial score (nSPS) is 11.4. The molecule has 3 aromatic rings. The van der Waals surface area contributed by atoms with E-state index < -0.39 is 18.4 Å². The molecule has 4 N–H and O–H groups in total. The van der Waals surface area contributed by atoms with Gasteiger partial charge in [-0.2, -0.15) is 8.78 Å². The summed E-state index contributed by atoms with van der Waals surface area (Å²) in [5.74, 6) is -5.70. The number of carbonyl (C=O) groups excluding carboxylic acids is 2. The van der Waals surface area contributed by atoms with Crippen LogP contribution in [0.5, 0.6) is 0 Å². The van der Waals surface area contributed by atoms with Crippen LogP contribution in [0.15, 0.2) is 42.9 Å². The van der Waals surface area contributed by atoms with Crippen LogP contribution in [0.2, 0.25) is 0 Å². The second-order valence-electron chi connectivity index (χ2n) is 6.01. The molecule has 2 amide bonds. The number of aromatic nitrogens is 3. The van der Waals surface area contributed by atoms with Crippen LogP contribution >= 0.6 is 0 Å². The Morgan fingerprint density at radius 2 is 1.68 bits per heavy atom. The first-order valence-electron chi connectivity index (χ1n) is 8.32. The van der Waals surface area contributed by atoms with Gasteiger partial charge in [0, 0.05) is 19.3 Å². The molecule has 0 saturated heterocycles. The fourth-order valence-corrected chi connectivity index (χ4v) is 2.48. The molecule has 146 valence electrons. The minimum atomic E-state index is -3.81. The third kappa shape index (κ3) is 4.29. The fourth-order valence-electron chi connectivity index (χ4n) is 2.48. The van der Waals surface area contributed by atoms with Crippen molar-refractivity contribution in [2.24, 2.45) is 0 Å². The number of benzene rings is 1. The smallest absolute Gasteiger partial charge is 0.346 e. The van der Waals surface area contributed by atoms with Crippen LogP contribution in [0.3, 0.4) is 0 Å². The van der Waals surface area contributed by atoms with Gasteiger partial charge in [-0.15, -0.1) is 0 Å². The molecule has 0 fully saturated rings. The van der Waals surface area contributed by atoms with E-state index in [4.69, 9.17) is 5.11 Å². The third-order valence-electron chi connectivity index (χ3n) is 4.03. The Kier molecular flexibility index (Phi) is 5.59. The van der Waals surface area contributed by atoms with E-state index >= 15 is 0 Å². The van der Waals surface area contributed by atoms with Crippen molar-refractivity contribution in [2.75, 3.05) is 6.61 Å². The van der Waals surface area contributed by atoms with E-state index in [1.807, 2.05) is 0 Å². The molecule has 0 aliphatic heterocycles. The van der Waals surface area contributed by atoms with Gasteiger partial charge in [-0.05, 0) is 17.2 Å². The number of carbonyl (C=O) groups is 2. The molecule has 0 bridgehead atoms. The van der Waals surface area contributed by atoms with Crippen molar-refractivity contribution in [3.8, 4) is 0 Å². The number of nitrogens with zero attached hydrogens (tertiary/aromatic N) is 2. The van der Waals surface area contributed by atoms with Gasteiger partial charge in [-0.25, -0.2) is 9.97 Å². The van der Waals surface area contributed by atoms with E-state index in [1.165, 1.54) is 6.33 Å². The summed E-state index contributed by atoms with van der Waals surface area (Å²) in [7, 11) is 0. The molecule has 0 unspecified atom stereocenters. The second kappa shape index (κ2) is 8.09. The van der Waals surface area contributed by atoms with Crippen molar-refractivity contribution < 1.29 is 23.5 Å². The summed E-state index contributed by atoms with van der Waals surface area (Å²) in [5, 5.41) is 13.9. The lowest BCUT2D eigenvalue weighted by atomic mass is 10.1. The number of aliphatic hydroxyl groups is 1. The lowest BCUT2D eigenvalue weighted by Gasteiger charge is -2.13. The Morgan fingerprint density at radius 1 is 1.04 bits per heavy atom. The number of aromatic amines is 1. The van der Waals surface area contributed by atoms with E-state index in [1.54, 1.807) is 36.5 Å². The topological polar surface area (TPSA) is 120 Å². The summed E-state index contributed by atoms with van der Waals surface area (Å²) in [5.41, 5.74) is 2.21. The van der Waals surface area contributed by atoms with E-state index in [9.17, 15) is 18.4 Å². The predicted molar refractivity (Wildman–Crippen MR) is 95.4 cm³/mol. The third-order valence-corrected chi connectivity index (χ3v) is 4.03. The monoisotopic (exact) mass is 389 g/mol. The zero-order valence-corrected chi connectivity index (χ0v) is 14.6. The van der Waals surface area contributed by atoms with Gasteiger partial charge >= 0.3 is 5.92 Å². The van der Waals surface area contributed by atoms with E-state index in [0.717, 1.165) is 5.56 Å². The van der Waals surface area contributed by atoms with Gasteiger partial charge in [-0.3, -0.25) is 9.59 Å². The highest BCUT2D eigenvalue weighted by Crippen LogP contribution is 2.14. The Bertz CT molecular complexity index is 988. The van der Waals surface area contributed by atoms with E-state index in [-0.39, 0.29) is 24.7 Å². The van der Waals surface area contributed by atoms with Crippen molar-refractivity contribution in [2.45, 2.75) is 19.0 Å². The Balaban J connectivity index is 1.55. The summed E-state index contributed by atoms with van der Waals surface area (Å²) in [4.78, 5) is 34.5. The number of fused-ring (bicyclic) bond motifs is 1. The maximum Gasteiger partial charge on any atom is 0.346 e. The van der Waals surface area contributed by atoms with Gasteiger partial charge in [0.15, 0.2) is 0 Å². The molecule has 0 aliphatic rings. The van der Waals surface area contributed by atoms with Crippen molar-refractivity contribution in [3.63, 3.8) is 0 Å². The summed E-state index contributed by atoms with van der Waals surface area (Å²) in [6.07, 6.45) is 2.97. The largest absolute Gasteiger partial charge is 0.390 e. The van der Waals surface area contributed by atoms with Crippen LogP contribution < -0.4 is 10.6 Å². The summed E-state index contributed by atoms with van der Waals surface area (Å²) < 4.78 is 26.0. The number of nitrogens with one attached hydrogen (secondary N) is 3. The first-order valence-corrected chi connectivity index (χ1v) is 8.32. The first kappa shape index (κ1) is 19.4. The minimum absolute atomic E-state index is 0.104. The van der Waals surface area contributed by atoms with E-state index in [0.29, 0.717) is 16.6 Å². The Morgan fingerprint density at radius 3 is 2.32 bits per heavy atom. The van der Waals surface area contributed by atoms with E-state index in [2.05, 4.69) is 25.6 Å². The van der Waals surface area contributed by atoms with Gasteiger partial charge in [0.2, 0.25) is 0 Å². The van der Waals surface area contributed by atoms with Gasteiger partial charge < -0.3 is 20.7 Å². The molecule has 0 spiro atoms. The highest BCUT2D eigenvalue weighted by Gasteiger charge is 2.37. The second-order valence-corrected chi connectivity index (χ2v) is 6.01. The molecule has 0 aliphatic carbocycles. The first-order chi connectivity index (χ1) is 13.4. The summed E-state index contributed by atoms with van der Waals surface area (Å²) in [6.45, 7) is -1.41. The number of hydrogen-bond donors (Lipinski definition) is 4. The minimum Gasteiger partial charge on any atom is -0.390 e. The molecule has 2 heterocycles. The molecule has 0 atom stereocenters. The highest BCUT2D eigenvalue weighted by molar-refractivity contribution is 6.03. The number of H-pyrrole nitrogens is 1. The number of rotatable bonds is 7. The van der Waals surface area contributed by atoms with Crippen LogP contribution in [-0.4, -0.2) is 44.4 Å². The number of hydrogen-bond acceptors (Lipinski definition) is 5. The van der Waals surface area contributed by atoms with Crippen LogP contribution in [0.4, 0.5) is 8.78 Å². The van der Waals surface area contributed by atoms with Gasteiger partial charge in [0.05, 0.1) is 5.39 Å². The number of halogens is 2. The average Bonchev–Trinajstić information content (AvgIpc) is 3.19. The molecule has 28 heavy (non-hydrogen) atoms. The molecular formula is C18H17F2N5O3. The summed E-state index contributed by atoms with van der Waals surface area (Å²) >= 11 is 0. The standard InChI is InChI=1S/C18H17F2N5O3/c19-18(20,9-26)17(28)23-8-12-3-1-11(2-4-12)7-22-16(27)14-13-5-6-21-15(13)25-10-24-14/h1-6,10,26H,7-9H2,(H,22,27)(H,23,28)(H,21,24,25). The van der Waals surface area contributed by atoms with Crippen LogP contribution in [0.25, 0.3) is 11.0 Å². The number of alkyl halides is 2. The van der Waals surface area contributed by atoms with Crippen LogP contribution in [0.1, 0.15) is 21.6 Å². The van der Waals surface area contributed by atoms with Gasteiger partial charge in [-0.1, -0.05) is 24.3 Å². The predicted octanol–water partition coefficient (Wildman–Crippen LogP) is 1.13. The Labute approximate surface area is 158 Å². The van der Waals surface area contributed by atoms with Crippen molar-refractivity contribution in [3.05, 3.63) is 59.7 Å². The zero-order valence-electron chi connectivity index (χ0n) is 14.6. The molecule has 1 aromatic carbocycles. The van der Waals surface area contributed by atoms with Crippen molar-refractivity contribution >= 4 is 22.8 Å². The molecule has 10 heteroatoms. The number of amides is 2. The number of aliphatic hydroxyl groups excluding tert-OH is 1. The molecular weight excluding hydrogens is 372 g/mol. The molecule has 3 rings (SSSR count). The highest BCUT2D eigenvalue weighted by atomic mass is 19.3. The maximum atomic E-state index is 13.0. The van der Waals surface area contributed by atoms with Gasteiger partial charge in [0.1, 0.15) is 24.3 Å². The van der Waals surface area contributed by atoms with Crippen molar-refractivity contribution in [1.29, 1.82) is 0 Å². The molecule has 8 nitrogen and oxygen atoms in total. The molecule has 0 saturated carbocycles. The zero-order chi connectivity index (χ0) is 20.1. The lowest BCUT2D eigenvalue weighted by molar-refractivity contribution is -0.151. The maximum absolute atomic E-state index is 13.0. The van der Waals surface area contributed by atoms with Crippen LogP contribution in [-0.2, 0) is 17.9 Å². The summed E-state index contributed by atoms with van der Waals surface area (Å²) in [6, 6.07) is 8.42. The van der Waals surface area contributed by atoms with Crippen molar-refractivity contribution in [1.82, 2.24) is 25.6 Å². The van der Waals surface area contributed by atoms with Gasteiger partial charge in [0.25, 0.3) is 11.8 Å². The molecule has 2 aromatic heterocycles. The fraction of sp³-hybridized carbons (Fsp3) is 0.222. The molecule has 0 radical (unpaired) electrons. The SMILES string of the molecule is O=C(NCc1ccc(CNC(=O)C(F)(F)CO)cc1)c1ncnc2[nH]ccc12. The quantitative estimate of drug-likeness (QED) is 0.483. The lowest BCUT2D eigenvalue weighted by Crippen LogP contribution is -2.42.